The number of hydrogen-bond acceptors (Lipinski definition) is 5. The van der Waals surface area contributed by atoms with Crippen molar-refractivity contribution in [1.29, 1.82) is 0 Å². The number of amides is 1. The molecular weight excluding hydrogens is 254 g/mol. The molecule has 2 rings (SSSR count). The molecule has 6 nitrogen and oxygen atoms in total. The largest absolute Gasteiger partial charge is 0.465 e. The molecule has 0 aliphatic heterocycles. The minimum Gasteiger partial charge on any atom is -0.465 e. The molecule has 94 valence electrons. The predicted octanol–water partition coefficient (Wildman–Crippen LogP) is 1.52. The molecule has 0 aliphatic rings. The summed E-state index contributed by atoms with van der Waals surface area (Å²) in [5, 5.41) is 4.34. The number of anilines is 1. The molecule has 0 spiro atoms. The van der Waals surface area contributed by atoms with E-state index in [2.05, 4.69) is 15.0 Å². The lowest BCUT2D eigenvalue weighted by molar-refractivity contribution is 0.0607. The molecule has 0 bridgehead atoms. The van der Waals surface area contributed by atoms with Crippen LogP contribution < -0.4 is 5.32 Å². The monoisotopic (exact) mass is 265 g/mol. The summed E-state index contributed by atoms with van der Waals surface area (Å²) in [5.41, 5.74) is 0.724. The molecule has 0 atom stereocenters. The number of thiophene rings is 1. The van der Waals surface area contributed by atoms with E-state index in [0.717, 1.165) is 0 Å². The highest BCUT2D eigenvalue weighted by Gasteiger charge is 2.17. The molecule has 2 aromatic rings. The van der Waals surface area contributed by atoms with Crippen molar-refractivity contribution in [3.63, 3.8) is 0 Å². The van der Waals surface area contributed by atoms with Crippen LogP contribution >= 0.6 is 11.3 Å². The highest BCUT2D eigenvalue weighted by molar-refractivity contribution is 7.12. The molecule has 0 saturated heterocycles. The van der Waals surface area contributed by atoms with Crippen LogP contribution in [-0.2, 0) is 11.8 Å². The van der Waals surface area contributed by atoms with Gasteiger partial charge < -0.3 is 14.6 Å². The minimum absolute atomic E-state index is 0.291. The number of nitrogens with one attached hydrogen (secondary N) is 1. The topological polar surface area (TPSA) is 73.2 Å². The predicted molar refractivity (Wildman–Crippen MR) is 66.8 cm³/mol. The van der Waals surface area contributed by atoms with E-state index in [9.17, 15) is 9.59 Å². The Labute approximate surface area is 107 Å². The second-order valence-electron chi connectivity index (χ2n) is 3.53. The fourth-order valence-electron chi connectivity index (χ4n) is 1.37. The first-order chi connectivity index (χ1) is 8.61. The SMILES string of the molecule is COC(=O)c1sccc1NC(=O)c1cn(C)cn1. The van der Waals surface area contributed by atoms with Crippen LogP contribution in [0.5, 0.6) is 0 Å². The highest BCUT2D eigenvalue weighted by Crippen LogP contribution is 2.23. The molecule has 0 aromatic carbocycles. The Morgan fingerprint density at radius 3 is 2.89 bits per heavy atom. The van der Waals surface area contributed by atoms with Crippen LogP contribution in [-0.4, -0.2) is 28.5 Å². The van der Waals surface area contributed by atoms with Crippen molar-refractivity contribution in [3.8, 4) is 0 Å². The lowest BCUT2D eigenvalue weighted by atomic mass is 10.3. The molecule has 0 saturated carbocycles. The number of rotatable bonds is 3. The number of hydrogen-bond donors (Lipinski definition) is 1. The first-order valence-electron chi connectivity index (χ1n) is 5.07. The van der Waals surface area contributed by atoms with Crippen LogP contribution in [0, 0.1) is 0 Å². The molecular formula is C11H11N3O3S. The van der Waals surface area contributed by atoms with Gasteiger partial charge in [-0.25, -0.2) is 9.78 Å². The second kappa shape index (κ2) is 5.01. The molecule has 2 aromatic heterocycles. The lowest BCUT2D eigenvalue weighted by Gasteiger charge is -2.03. The molecule has 1 N–H and O–H groups in total. The quantitative estimate of drug-likeness (QED) is 0.854. The molecule has 0 fully saturated rings. The molecule has 0 radical (unpaired) electrons. The molecule has 0 unspecified atom stereocenters. The number of carbonyl (C=O) groups excluding carboxylic acids is 2. The van der Waals surface area contributed by atoms with Gasteiger partial charge in [-0.05, 0) is 11.4 Å². The summed E-state index contributed by atoms with van der Waals surface area (Å²) in [6.45, 7) is 0. The summed E-state index contributed by atoms with van der Waals surface area (Å²) in [4.78, 5) is 27.6. The van der Waals surface area contributed by atoms with E-state index in [1.54, 1.807) is 29.3 Å². The van der Waals surface area contributed by atoms with Crippen molar-refractivity contribution in [3.05, 3.63) is 34.5 Å². The van der Waals surface area contributed by atoms with Crippen molar-refractivity contribution >= 4 is 28.9 Å². The van der Waals surface area contributed by atoms with Gasteiger partial charge in [0.05, 0.1) is 19.1 Å². The Kier molecular flexibility index (Phi) is 3.42. The lowest BCUT2D eigenvalue weighted by Crippen LogP contribution is -2.14. The normalized spacial score (nSPS) is 10.1. The molecule has 2 heterocycles. The van der Waals surface area contributed by atoms with Gasteiger partial charge in [0.25, 0.3) is 5.91 Å². The first-order valence-corrected chi connectivity index (χ1v) is 5.95. The van der Waals surface area contributed by atoms with Crippen LogP contribution in [0.1, 0.15) is 20.2 Å². The van der Waals surface area contributed by atoms with Gasteiger partial charge in [0.1, 0.15) is 10.6 Å². The summed E-state index contributed by atoms with van der Waals surface area (Å²) < 4.78 is 6.30. The number of ether oxygens (including phenoxy) is 1. The maximum atomic E-state index is 11.9. The first kappa shape index (κ1) is 12.3. The van der Waals surface area contributed by atoms with E-state index in [4.69, 9.17) is 0 Å². The summed E-state index contributed by atoms with van der Waals surface area (Å²) in [6.07, 6.45) is 3.13. The molecule has 18 heavy (non-hydrogen) atoms. The maximum Gasteiger partial charge on any atom is 0.350 e. The van der Waals surface area contributed by atoms with Crippen LogP contribution in [0.4, 0.5) is 5.69 Å². The Hall–Kier alpha value is -2.15. The molecule has 1 amide bonds. The van der Waals surface area contributed by atoms with Gasteiger partial charge >= 0.3 is 5.97 Å². The van der Waals surface area contributed by atoms with E-state index < -0.39 is 5.97 Å². The fraction of sp³-hybridized carbons (Fsp3) is 0.182. The van der Waals surface area contributed by atoms with E-state index in [0.29, 0.717) is 16.3 Å². The van der Waals surface area contributed by atoms with E-state index in [1.807, 2.05) is 0 Å². The van der Waals surface area contributed by atoms with Crippen molar-refractivity contribution in [2.24, 2.45) is 7.05 Å². The summed E-state index contributed by atoms with van der Waals surface area (Å²) in [6, 6.07) is 1.65. The summed E-state index contributed by atoms with van der Waals surface area (Å²) >= 11 is 1.21. The van der Waals surface area contributed by atoms with Gasteiger partial charge in [-0.15, -0.1) is 11.3 Å². The molecule has 7 heteroatoms. The second-order valence-corrected chi connectivity index (χ2v) is 4.45. The molecule has 0 aliphatic carbocycles. The zero-order chi connectivity index (χ0) is 13.1. The van der Waals surface area contributed by atoms with Crippen molar-refractivity contribution in [2.75, 3.05) is 12.4 Å². The number of nitrogens with zero attached hydrogens (tertiary/aromatic N) is 2. The van der Waals surface area contributed by atoms with Crippen LogP contribution in [0.2, 0.25) is 0 Å². The number of carbonyl (C=O) groups is 2. The number of methoxy groups -OCH3 is 1. The van der Waals surface area contributed by atoms with Crippen LogP contribution in [0.15, 0.2) is 24.0 Å². The van der Waals surface area contributed by atoms with E-state index in [1.165, 1.54) is 24.8 Å². The summed E-state index contributed by atoms with van der Waals surface area (Å²) in [7, 11) is 3.07. The van der Waals surface area contributed by atoms with Gasteiger partial charge in [-0.2, -0.15) is 0 Å². The number of esters is 1. The Bertz CT molecular complexity index is 588. The smallest absolute Gasteiger partial charge is 0.350 e. The van der Waals surface area contributed by atoms with Gasteiger partial charge in [-0.1, -0.05) is 0 Å². The third-order valence-electron chi connectivity index (χ3n) is 2.22. The fourth-order valence-corrected chi connectivity index (χ4v) is 2.14. The van der Waals surface area contributed by atoms with Gasteiger partial charge in [0.2, 0.25) is 0 Å². The van der Waals surface area contributed by atoms with Crippen molar-refractivity contribution < 1.29 is 14.3 Å². The number of aryl methyl sites for hydroxylation is 1. The highest BCUT2D eigenvalue weighted by atomic mass is 32.1. The standard InChI is InChI=1S/C11H11N3O3S/c1-14-5-8(12-6-14)10(15)13-7-3-4-18-9(7)11(16)17-2/h3-6H,1-2H3,(H,13,15). The maximum absolute atomic E-state index is 11.9. The Morgan fingerprint density at radius 2 is 2.28 bits per heavy atom. The number of imidazole rings is 1. The zero-order valence-electron chi connectivity index (χ0n) is 9.84. The Balaban J connectivity index is 2.17. The van der Waals surface area contributed by atoms with Gasteiger partial charge in [0, 0.05) is 13.2 Å². The average molecular weight is 265 g/mol. The third kappa shape index (κ3) is 2.40. The van der Waals surface area contributed by atoms with E-state index in [-0.39, 0.29) is 5.91 Å². The van der Waals surface area contributed by atoms with E-state index >= 15 is 0 Å². The third-order valence-corrected chi connectivity index (χ3v) is 3.12. The van der Waals surface area contributed by atoms with Crippen molar-refractivity contribution in [2.45, 2.75) is 0 Å². The van der Waals surface area contributed by atoms with Crippen molar-refractivity contribution in [1.82, 2.24) is 9.55 Å². The average Bonchev–Trinajstić information content (AvgIpc) is 2.97. The zero-order valence-corrected chi connectivity index (χ0v) is 10.7. The Morgan fingerprint density at radius 1 is 1.50 bits per heavy atom. The van der Waals surface area contributed by atoms with Crippen LogP contribution in [0.25, 0.3) is 0 Å². The number of aromatic nitrogens is 2. The minimum atomic E-state index is -0.471. The summed E-state index contributed by atoms with van der Waals surface area (Å²) in [5.74, 6) is -0.833. The van der Waals surface area contributed by atoms with Crippen LogP contribution in [0.3, 0.4) is 0 Å². The van der Waals surface area contributed by atoms with Gasteiger partial charge in [-0.3, -0.25) is 4.79 Å². The van der Waals surface area contributed by atoms with Gasteiger partial charge in [0.15, 0.2) is 0 Å².